The van der Waals surface area contributed by atoms with Gasteiger partial charge >= 0.3 is 0 Å². The molecule has 3 rings (SSSR count). The SMILES string of the molecule is CCc1cc(-c2ccc(-c3cccs3)s2)cc(C)c1C=O. The Balaban J connectivity index is 2.05. The molecular weight excluding hydrogens is 296 g/mol. The number of aldehydes is 1. The van der Waals surface area contributed by atoms with Crippen molar-refractivity contribution in [3.63, 3.8) is 0 Å². The number of aryl methyl sites for hydroxylation is 2. The van der Waals surface area contributed by atoms with Crippen LogP contribution in [0.25, 0.3) is 20.2 Å². The molecule has 0 bridgehead atoms. The minimum Gasteiger partial charge on any atom is -0.298 e. The van der Waals surface area contributed by atoms with Crippen LogP contribution in [-0.2, 0) is 6.42 Å². The summed E-state index contributed by atoms with van der Waals surface area (Å²) in [5, 5.41) is 2.10. The summed E-state index contributed by atoms with van der Waals surface area (Å²) in [5.74, 6) is 0. The van der Waals surface area contributed by atoms with Gasteiger partial charge in [-0.1, -0.05) is 13.0 Å². The normalized spacial score (nSPS) is 10.8. The second-order valence-electron chi connectivity index (χ2n) is 4.98. The van der Waals surface area contributed by atoms with Gasteiger partial charge in [0.15, 0.2) is 6.29 Å². The van der Waals surface area contributed by atoms with E-state index in [1.54, 1.807) is 11.3 Å². The number of thiophene rings is 2. The maximum atomic E-state index is 11.2. The molecule has 106 valence electrons. The molecule has 3 aromatic rings. The summed E-state index contributed by atoms with van der Waals surface area (Å²) >= 11 is 3.57. The van der Waals surface area contributed by atoms with Crippen molar-refractivity contribution in [2.45, 2.75) is 20.3 Å². The number of benzene rings is 1. The summed E-state index contributed by atoms with van der Waals surface area (Å²) in [6, 6.07) is 12.9. The largest absolute Gasteiger partial charge is 0.298 e. The van der Waals surface area contributed by atoms with Crippen LogP contribution in [0.1, 0.15) is 28.4 Å². The Labute approximate surface area is 132 Å². The Kier molecular flexibility index (Phi) is 4.04. The van der Waals surface area contributed by atoms with Crippen LogP contribution >= 0.6 is 22.7 Å². The van der Waals surface area contributed by atoms with Gasteiger partial charge in [-0.3, -0.25) is 4.79 Å². The first-order chi connectivity index (χ1) is 10.2. The molecule has 2 heterocycles. The molecule has 0 fully saturated rings. The van der Waals surface area contributed by atoms with Crippen LogP contribution in [0.2, 0.25) is 0 Å². The van der Waals surface area contributed by atoms with E-state index in [4.69, 9.17) is 0 Å². The van der Waals surface area contributed by atoms with Crippen LogP contribution in [0.15, 0.2) is 41.8 Å². The Morgan fingerprint density at radius 1 is 1.10 bits per heavy atom. The molecule has 0 N–H and O–H groups in total. The highest BCUT2D eigenvalue weighted by Crippen LogP contribution is 2.37. The fourth-order valence-corrected chi connectivity index (χ4v) is 4.35. The Morgan fingerprint density at radius 2 is 1.90 bits per heavy atom. The molecule has 1 aromatic carbocycles. The average molecular weight is 312 g/mol. The molecular formula is C18H16OS2. The van der Waals surface area contributed by atoms with Gasteiger partial charge in [0.2, 0.25) is 0 Å². The molecule has 0 saturated carbocycles. The van der Waals surface area contributed by atoms with Crippen molar-refractivity contribution in [1.29, 1.82) is 0 Å². The number of hydrogen-bond donors (Lipinski definition) is 0. The van der Waals surface area contributed by atoms with Gasteiger partial charge in [-0.05, 0) is 65.7 Å². The molecule has 0 saturated heterocycles. The Bertz CT molecular complexity index is 767. The maximum absolute atomic E-state index is 11.2. The first-order valence-corrected chi connectivity index (χ1v) is 8.65. The lowest BCUT2D eigenvalue weighted by atomic mass is 9.97. The van der Waals surface area contributed by atoms with Crippen LogP contribution in [0.4, 0.5) is 0 Å². The summed E-state index contributed by atoms with van der Waals surface area (Å²) in [6.07, 6.45) is 1.86. The summed E-state index contributed by atoms with van der Waals surface area (Å²) in [7, 11) is 0. The fourth-order valence-electron chi connectivity index (χ4n) is 2.52. The second kappa shape index (κ2) is 5.96. The van der Waals surface area contributed by atoms with Gasteiger partial charge in [0.25, 0.3) is 0 Å². The van der Waals surface area contributed by atoms with E-state index in [1.165, 1.54) is 20.2 Å². The van der Waals surface area contributed by atoms with Crippen molar-refractivity contribution in [2.75, 3.05) is 0 Å². The van der Waals surface area contributed by atoms with Gasteiger partial charge in [-0.2, -0.15) is 0 Å². The lowest BCUT2D eigenvalue weighted by Crippen LogP contribution is -1.95. The maximum Gasteiger partial charge on any atom is 0.150 e. The third-order valence-corrected chi connectivity index (χ3v) is 5.83. The molecule has 0 aliphatic carbocycles. The van der Waals surface area contributed by atoms with E-state index >= 15 is 0 Å². The Hall–Kier alpha value is -1.71. The van der Waals surface area contributed by atoms with Crippen molar-refractivity contribution >= 4 is 29.0 Å². The molecule has 0 aliphatic rings. The van der Waals surface area contributed by atoms with E-state index in [-0.39, 0.29) is 0 Å². The van der Waals surface area contributed by atoms with Crippen molar-refractivity contribution in [2.24, 2.45) is 0 Å². The van der Waals surface area contributed by atoms with Crippen molar-refractivity contribution in [3.05, 3.63) is 58.5 Å². The molecule has 0 atom stereocenters. The minimum atomic E-state index is 0.844. The molecule has 2 aromatic heterocycles. The number of hydrogen-bond acceptors (Lipinski definition) is 3. The van der Waals surface area contributed by atoms with Crippen molar-refractivity contribution in [3.8, 4) is 20.2 Å². The molecule has 21 heavy (non-hydrogen) atoms. The van der Waals surface area contributed by atoms with Gasteiger partial charge in [-0.15, -0.1) is 22.7 Å². The third-order valence-electron chi connectivity index (χ3n) is 3.63. The summed E-state index contributed by atoms with van der Waals surface area (Å²) in [4.78, 5) is 15.1. The number of rotatable bonds is 4. The van der Waals surface area contributed by atoms with Crippen LogP contribution in [0, 0.1) is 6.92 Å². The van der Waals surface area contributed by atoms with E-state index in [0.29, 0.717) is 0 Å². The lowest BCUT2D eigenvalue weighted by Gasteiger charge is -2.08. The van der Waals surface area contributed by atoms with E-state index in [9.17, 15) is 4.79 Å². The summed E-state index contributed by atoms with van der Waals surface area (Å²) in [6.45, 7) is 4.11. The smallest absolute Gasteiger partial charge is 0.150 e. The molecule has 0 spiro atoms. The highest BCUT2D eigenvalue weighted by molar-refractivity contribution is 7.23. The quantitative estimate of drug-likeness (QED) is 0.554. The predicted molar refractivity (Wildman–Crippen MR) is 92.6 cm³/mol. The molecule has 0 aliphatic heterocycles. The van der Waals surface area contributed by atoms with Crippen LogP contribution in [0.5, 0.6) is 0 Å². The van der Waals surface area contributed by atoms with Gasteiger partial charge in [0.05, 0.1) is 0 Å². The Morgan fingerprint density at radius 3 is 2.57 bits per heavy atom. The van der Waals surface area contributed by atoms with Crippen LogP contribution < -0.4 is 0 Å². The molecule has 0 radical (unpaired) electrons. The average Bonchev–Trinajstić information content (AvgIpc) is 3.16. The minimum absolute atomic E-state index is 0.844. The molecule has 1 nitrogen and oxygen atoms in total. The van der Waals surface area contributed by atoms with Crippen LogP contribution in [-0.4, -0.2) is 6.29 Å². The van der Waals surface area contributed by atoms with E-state index in [1.807, 2.05) is 18.3 Å². The number of carbonyl (C=O) groups is 1. The molecule has 0 amide bonds. The van der Waals surface area contributed by atoms with E-state index in [0.717, 1.165) is 29.4 Å². The fraction of sp³-hybridized carbons (Fsp3) is 0.167. The first-order valence-electron chi connectivity index (χ1n) is 6.95. The zero-order chi connectivity index (χ0) is 14.8. The van der Waals surface area contributed by atoms with Gasteiger partial charge in [0, 0.05) is 20.2 Å². The topological polar surface area (TPSA) is 17.1 Å². The zero-order valence-corrected chi connectivity index (χ0v) is 13.7. The summed E-state index contributed by atoms with van der Waals surface area (Å²) in [5.41, 5.74) is 4.25. The van der Waals surface area contributed by atoms with Gasteiger partial charge < -0.3 is 0 Å². The van der Waals surface area contributed by atoms with Crippen LogP contribution in [0.3, 0.4) is 0 Å². The second-order valence-corrected chi connectivity index (χ2v) is 7.01. The zero-order valence-electron chi connectivity index (χ0n) is 12.1. The highest BCUT2D eigenvalue weighted by Gasteiger charge is 2.10. The first kappa shape index (κ1) is 14.2. The van der Waals surface area contributed by atoms with Crippen molar-refractivity contribution in [1.82, 2.24) is 0 Å². The van der Waals surface area contributed by atoms with Gasteiger partial charge in [0.1, 0.15) is 0 Å². The number of carbonyl (C=O) groups excluding carboxylic acids is 1. The molecule has 3 heteroatoms. The van der Waals surface area contributed by atoms with Gasteiger partial charge in [-0.25, -0.2) is 0 Å². The summed E-state index contributed by atoms with van der Waals surface area (Å²) < 4.78 is 0. The lowest BCUT2D eigenvalue weighted by molar-refractivity contribution is 0.112. The standard InChI is InChI=1S/C18H16OS2/c1-3-13-10-14(9-12(2)15(13)11-19)16-6-7-18(21-16)17-5-4-8-20-17/h4-11H,3H2,1-2H3. The monoisotopic (exact) mass is 312 g/mol. The van der Waals surface area contributed by atoms with E-state index in [2.05, 4.69) is 48.7 Å². The third kappa shape index (κ3) is 2.71. The molecule has 0 unspecified atom stereocenters. The predicted octanol–water partition coefficient (Wildman–Crippen LogP) is 5.83. The highest BCUT2D eigenvalue weighted by atomic mass is 32.1. The van der Waals surface area contributed by atoms with Crippen molar-refractivity contribution < 1.29 is 4.79 Å². The van der Waals surface area contributed by atoms with E-state index < -0.39 is 0 Å².